The number of sulfonamides is 1. The average molecular weight is 331 g/mol. The van der Waals surface area contributed by atoms with Crippen molar-refractivity contribution < 1.29 is 22.7 Å². The van der Waals surface area contributed by atoms with E-state index < -0.39 is 16.1 Å². The molecule has 0 spiro atoms. The average Bonchev–Trinajstić information content (AvgIpc) is 2.96. The van der Waals surface area contributed by atoms with Gasteiger partial charge in [-0.3, -0.25) is 0 Å². The Morgan fingerprint density at radius 2 is 2.36 bits per heavy atom. The molecular formula is C13H18FN3O4S. The molecule has 1 atom stereocenters. The summed E-state index contributed by atoms with van der Waals surface area (Å²) in [7, 11) is -3.67. The van der Waals surface area contributed by atoms with Crippen LogP contribution in [0.15, 0.2) is 35.1 Å². The molecule has 3 N–H and O–H groups in total. The van der Waals surface area contributed by atoms with Crippen LogP contribution in [0.4, 0.5) is 4.39 Å². The van der Waals surface area contributed by atoms with Gasteiger partial charge in [-0.15, -0.1) is 0 Å². The van der Waals surface area contributed by atoms with Crippen molar-refractivity contribution in [3.05, 3.63) is 30.2 Å². The van der Waals surface area contributed by atoms with Gasteiger partial charge in [0.05, 0.1) is 18.6 Å². The highest BCUT2D eigenvalue weighted by molar-refractivity contribution is 7.89. The number of pyridine rings is 1. The number of aliphatic hydroxyl groups excluding tert-OH is 1. The second-order valence-electron chi connectivity index (χ2n) is 4.90. The minimum absolute atomic E-state index is 0.0223. The fourth-order valence-electron chi connectivity index (χ4n) is 1.98. The van der Waals surface area contributed by atoms with Gasteiger partial charge in [0.1, 0.15) is 11.5 Å². The summed E-state index contributed by atoms with van der Waals surface area (Å²) in [4.78, 5) is 3.92. The lowest BCUT2D eigenvalue weighted by Crippen LogP contribution is -2.29. The summed E-state index contributed by atoms with van der Waals surface area (Å²) in [6.45, 7) is 0.343. The topological polar surface area (TPSA) is 106 Å². The van der Waals surface area contributed by atoms with Gasteiger partial charge in [-0.25, -0.2) is 17.8 Å². The maximum atomic E-state index is 12.3. The Labute approximate surface area is 128 Å². The summed E-state index contributed by atoms with van der Waals surface area (Å²) in [5, 5.41) is 9.43. The molecule has 1 saturated heterocycles. The number of hydrogen-bond donors (Lipinski definition) is 2. The third-order valence-corrected chi connectivity index (χ3v) is 5.14. The Balaban J connectivity index is 2.05. The van der Waals surface area contributed by atoms with Gasteiger partial charge in [0, 0.05) is 31.3 Å². The Kier molecular flexibility index (Phi) is 5.46. The molecule has 2 heterocycles. The molecule has 7 nitrogen and oxygen atoms in total. The highest BCUT2D eigenvalue weighted by Crippen LogP contribution is 2.21. The molecular weight excluding hydrogens is 313 g/mol. The van der Waals surface area contributed by atoms with Gasteiger partial charge in [-0.05, 0) is 12.5 Å². The van der Waals surface area contributed by atoms with Crippen molar-refractivity contribution in [2.24, 2.45) is 5.73 Å². The van der Waals surface area contributed by atoms with Gasteiger partial charge in [0.15, 0.2) is 0 Å². The van der Waals surface area contributed by atoms with E-state index in [-0.39, 0.29) is 42.6 Å². The van der Waals surface area contributed by atoms with Gasteiger partial charge in [-0.1, -0.05) is 0 Å². The van der Waals surface area contributed by atoms with Crippen LogP contribution in [0.25, 0.3) is 0 Å². The third-order valence-electron chi connectivity index (χ3n) is 3.30. The van der Waals surface area contributed by atoms with Crippen molar-refractivity contribution >= 4 is 10.0 Å². The lowest BCUT2D eigenvalue weighted by atomic mass is 10.3. The van der Waals surface area contributed by atoms with E-state index in [9.17, 15) is 17.9 Å². The smallest absolute Gasteiger partial charge is 0.244 e. The molecule has 0 aromatic carbocycles. The normalized spacial score (nSPS) is 20.3. The third kappa shape index (κ3) is 3.80. The molecule has 1 aliphatic rings. The van der Waals surface area contributed by atoms with Crippen molar-refractivity contribution in [3.8, 4) is 5.88 Å². The van der Waals surface area contributed by atoms with Crippen LogP contribution in [0.5, 0.6) is 5.88 Å². The van der Waals surface area contributed by atoms with Crippen molar-refractivity contribution in [1.29, 1.82) is 0 Å². The van der Waals surface area contributed by atoms with E-state index in [0.717, 1.165) is 0 Å². The molecule has 0 amide bonds. The molecule has 0 aliphatic carbocycles. The largest absolute Gasteiger partial charge is 0.473 e. The quantitative estimate of drug-likeness (QED) is 0.762. The van der Waals surface area contributed by atoms with Crippen molar-refractivity contribution in [1.82, 2.24) is 9.29 Å². The lowest BCUT2D eigenvalue weighted by molar-refractivity contribution is 0.189. The minimum Gasteiger partial charge on any atom is -0.473 e. The van der Waals surface area contributed by atoms with Crippen molar-refractivity contribution in [2.45, 2.75) is 17.4 Å². The molecule has 1 aliphatic heterocycles. The predicted molar refractivity (Wildman–Crippen MR) is 77.4 cm³/mol. The van der Waals surface area contributed by atoms with Crippen LogP contribution >= 0.6 is 0 Å². The van der Waals surface area contributed by atoms with E-state index in [1.54, 1.807) is 0 Å². The number of ether oxygens (including phenoxy) is 1. The Morgan fingerprint density at radius 3 is 2.86 bits per heavy atom. The molecule has 9 heteroatoms. The Bertz CT molecular complexity index is 633. The first-order chi connectivity index (χ1) is 10.5. The molecule has 0 bridgehead atoms. The molecule has 22 heavy (non-hydrogen) atoms. The maximum absolute atomic E-state index is 12.3. The van der Waals surface area contributed by atoms with E-state index in [4.69, 9.17) is 10.5 Å². The molecule has 2 rings (SSSR count). The SMILES string of the molecule is NC/C(=C/F)COc1ccc(S(=O)(=O)N2CC[C@H](O)C2)cn1. The fraction of sp³-hybridized carbons (Fsp3) is 0.462. The number of rotatable bonds is 6. The zero-order valence-corrected chi connectivity index (χ0v) is 12.7. The zero-order chi connectivity index (χ0) is 16.2. The number of aromatic nitrogens is 1. The highest BCUT2D eigenvalue weighted by Gasteiger charge is 2.31. The van der Waals surface area contributed by atoms with Crippen LogP contribution in [0, 0.1) is 0 Å². The Morgan fingerprint density at radius 1 is 1.59 bits per heavy atom. The highest BCUT2D eigenvalue weighted by atomic mass is 32.2. The van der Waals surface area contributed by atoms with Gasteiger partial charge >= 0.3 is 0 Å². The summed E-state index contributed by atoms with van der Waals surface area (Å²) in [5.74, 6) is 0.174. The summed E-state index contributed by atoms with van der Waals surface area (Å²) in [5.41, 5.74) is 5.56. The first-order valence-electron chi connectivity index (χ1n) is 6.72. The van der Waals surface area contributed by atoms with Gasteiger partial charge in [0.2, 0.25) is 15.9 Å². The lowest BCUT2D eigenvalue weighted by Gasteiger charge is -2.15. The second kappa shape index (κ2) is 7.14. The van der Waals surface area contributed by atoms with Crippen LogP contribution in [0.1, 0.15) is 6.42 Å². The summed E-state index contributed by atoms with van der Waals surface area (Å²) in [6, 6.07) is 2.76. The molecule has 0 saturated carbocycles. The van der Waals surface area contributed by atoms with Crippen LogP contribution < -0.4 is 10.5 Å². The van der Waals surface area contributed by atoms with Crippen LogP contribution in [-0.4, -0.2) is 55.2 Å². The van der Waals surface area contributed by atoms with Gasteiger partial charge < -0.3 is 15.6 Å². The maximum Gasteiger partial charge on any atom is 0.244 e. The number of halogens is 1. The van der Waals surface area contributed by atoms with Crippen molar-refractivity contribution in [3.63, 3.8) is 0 Å². The molecule has 1 aromatic heterocycles. The van der Waals surface area contributed by atoms with Crippen LogP contribution in [0.2, 0.25) is 0 Å². The first-order valence-corrected chi connectivity index (χ1v) is 8.16. The monoisotopic (exact) mass is 331 g/mol. The number of hydrogen-bond acceptors (Lipinski definition) is 6. The Hall–Kier alpha value is -1.55. The molecule has 0 radical (unpaired) electrons. The van der Waals surface area contributed by atoms with E-state index in [1.165, 1.54) is 22.6 Å². The van der Waals surface area contributed by atoms with Gasteiger partial charge in [-0.2, -0.15) is 4.31 Å². The molecule has 1 fully saturated rings. The summed E-state index contributed by atoms with van der Waals surface area (Å²) >= 11 is 0. The van der Waals surface area contributed by atoms with E-state index in [1.807, 2.05) is 0 Å². The second-order valence-corrected chi connectivity index (χ2v) is 6.84. The number of β-amino-alcohol motifs (C(OH)–C–C–N with tert-alkyl or cyclic N) is 1. The molecule has 0 unspecified atom stereocenters. The van der Waals surface area contributed by atoms with Gasteiger partial charge in [0.25, 0.3) is 0 Å². The summed E-state index contributed by atoms with van der Waals surface area (Å²) < 4.78 is 43.4. The predicted octanol–water partition coefficient (Wildman–Crippen LogP) is 0.0278. The minimum atomic E-state index is -3.67. The van der Waals surface area contributed by atoms with Crippen LogP contribution in [-0.2, 0) is 10.0 Å². The van der Waals surface area contributed by atoms with Crippen LogP contribution in [0.3, 0.4) is 0 Å². The van der Waals surface area contributed by atoms with E-state index in [0.29, 0.717) is 12.8 Å². The summed E-state index contributed by atoms with van der Waals surface area (Å²) in [6.07, 6.45) is 1.34. The van der Waals surface area contributed by atoms with E-state index >= 15 is 0 Å². The molecule has 122 valence electrons. The zero-order valence-electron chi connectivity index (χ0n) is 11.9. The van der Waals surface area contributed by atoms with E-state index in [2.05, 4.69) is 4.98 Å². The standard InChI is InChI=1S/C13H18FN3O4S/c14-5-10(6-15)9-21-13-2-1-12(7-16-13)22(19,20)17-4-3-11(18)8-17/h1-2,5,7,11,18H,3-4,6,8-9,15H2/b10-5-/t11-/m0/s1. The number of nitrogens with two attached hydrogens (primary N) is 1. The van der Waals surface area contributed by atoms with Crippen molar-refractivity contribution in [2.75, 3.05) is 26.2 Å². The number of nitrogens with zero attached hydrogens (tertiary/aromatic N) is 2. The fourth-order valence-corrected chi connectivity index (χ4v) is 3.42. The first kappa shape index (κ1) is 16.8. The number of aliphatic hydroxyl groups is 1. The molecule has 1 aromatic rings.